The van der Waals surface area contributed by atoms with Crippen LogP contribution in [-0.4, -0.2) is 33.1 Å². The first-order valence-corrected chi connectivity index (χ1v) is 7.16. The molecule has 6 heteroatoms. The molecule has 0 bridgehead atoms. The number of carbonyl (C=O) groups excluding carboxylic acids is 1. The van der Waals surface area contributed by atoms with E-state index in [2.05, 4.69) is 10.6 Å². The van der Waals surface area contributed by atoms with Crippen molar-refractivity contribution in [3.63, 3.8) is 0 Å². The average molecular weight is 297 g/mol. The van der Waals surface area contributed by atoms with E-state index in [1.54, 1.807) is 19.0 Å². The Kier molecular flexibility index (Phi) is 5.12. The van der Waals surface area contributed by atoms with E-state index in [-0.39, 0.29) is 17.5 Å². The van der Waals surface area contributed by atoms with Gasteiger partial charge < -0.3 is 15.5 Å². The van der Waals surface area contributed by atoms with Crippen LogP contribution in [0.1, 0.15) is 18.4 Å². The second kappa shape index (κ2) is 6.85. The Morgan fingerprint density at radius 2 is 1.81 bits per heavy atom. The van der Waals surface area contributed by atoms with Gasteiger partial charge in [0.25, 0.3) is 0 Å². The van der Waals surface area contributed by atoms with E-state index in [1.807, 2.05) is 0 Å². The summed E-state index contributed by atoms with van der Waals surface area (Å²) in [6.45, 7) is 1.39. The third kappa shape index (κ3) is 3.50. The van der Waals surface area contributed by atoms with E-state index in [0.29, 0.717) is 38.0 Å². The first kappa shape index (κ1) is 15.7. The molecule has 1 aromatic carbocycles. The summed E-state index contributed by atoms with van der Waals surface area (Å²) in [6, 6.07) is 2.72. The van der Waals surface area contributed by atoms with Crippen molar-refractivity contribution in [2.24, 2.45) is 5.92 Å². The van der Waals surface area contributed by atoms with Gasteiger partial charge in [-0.1, -0.05) is 0 Å². The fourth-order valence-corrected chi connectivity index (χ4v) is 2.80. The van der Waals surface area contributed by atoms with Gasteiger partial charge in [-0.2, -0.15) is 0 Å². The van der Waals surface area contributed by atoms with E-state index in [1.165, 1.54) is 12.1 Å². The maximum Gasteiger partial charge on any atom is 0.222 e. The minimum atomic E-state index is -0.543. The lowest BCUT2D eigenvalue weighted by Crippen LogP contribution is -2.40. The van der Waals surface area contributed by atoms with Gasteiger partial charge in [-0.15, -0.1) is 0 Å². The SMILES string of the molecule is CNCc1cc(F)c(N2CCC(C(=O)NC)CC2)c(F)c1. The van der Waals surface area contributed by atoms with Crippen molar-refractivity contribution >= 4 is 11.6 Å². The lowest BCUT2D eigenvalue weighted by Gasteiger charge is -2.33. The summed E-state index contributed by atoms with van der Waals surface area (Å²) in [6.07, 6.45) is 1.22. The number of amides is 1. The summed E-state index contributed by atoms with van der Waals surface area (Å²) in [5.41, 5.74) is 0.599. The monoisotopic (exact) mass is 297 g/mol. The largest absolute Gasteiger partial charge is 0.367 e. The molecule has 0 aromatic heterocycles. The van der Waals surface area contributed by atoms with Crippen LogP contribution in [0.25, 0.3) is 0 Å². The molecule has 21 heavy (non-hydrogen) atoms. The Bertz CT molecular complexity index is 491. The molecule has 1 amide bonds. The number of anilines is 1. The molecular formula is C15H21F2N3O. The van der Waals surface area contributed by atoms with Gasteiger partial charge in [0.15, 0.2) is 0 Å². The average Bonchev–Trinajstić information content (AvgIpc) is 2.47. The number of nitrogens with zero attached hydrogens (tertiary/aromatic N) is 1. The molecule has 0 saturated carbocycles. The van der Waals surface area contributed by atoms with E-state index in [0.717, 1.165) is 0 Å². The molecule has 4 nitrogen and oxygen atoms in total. The quantitative estimate of drug-likeness (QED) is 0.888. The molecule has 0 radical (unpaired) electrons. The van der Waals surface area contributed by atoms with Crippen LogP contribution < -0.4 is 15.5 Å². The van der Waals surface area contributed by atoms with Crippen LogP contribution in [0.2, 0.25) is 0 Å². The Balaban J connectivity index is 2.11. The summed E-state index contributed by atoms with van der Waals surface area (Å²) in [5, 5.41) is 5.49. The van der Waals surface area contributed by atoms with Crippen LogP contribution in [0.5, 0.6) is 0 Å². The first-order chi connectivity index (χ1) is 10.1. The third-order valence-electron chi connectivity index (χ3n) is 3.89. The van der Waals surface area contributed by atoms with Gasteiger partial charge in [-0.25, -0.2) is 8.78 Å². The molecular weight excluding hydrogens is 276 g/mol. The number of hydrogen-bond acceptors (Lipinski definition) is 3. The zero-order chi connectivity index (χ0) is 15.4. The molecule has 1 fully saturated rings. The van der Waals surface area contributed by atoms with E-state index in [9.17, 15) is 13.6 Å². The van der Waals surface area contributed by atoms with Crippen LogP contribution >= 0.6 is 0 Å². The van der Waals surface area contributed by atoms with Crippen molar-refractivity contribution in [2.45, 2.75) is 19.4 Å². The van der Waals surface area contributed by atoms with E-state index < -0.39 is 11.6 Å². The molecule has 1 aliphatic rings. The lowest BCUT2D eigenvalue weighted by molar-refractivity contribution is -0.125. The normalized spacial score (nSPS) is 16.1. The molecule has 0 unspecified atom stereocenters. The topological polar surface area (TPSA) is 44.4 Å². The molecule has 0 aliphatic carbocycles. The van der Waals surface area contributed by atoms with Gasteiger partial charge >= 0.3 is 0 Å². The van der Waals surface area contributed by atoms with Gasteiger partial charge in [0, 0.05) is 32.6 Å². The molecule has 2 rings (SSSR count). The van der Waals surface area contributed by atoms with Gasteiger partial charge in [0.05, 0.1) is 0 Å². The third-order valence-corrected chi connectivity index (χ3v) is 3.89. The summed E-state index contributed by atoms with van der Waals surface area (Å²) in [5.74, 6) is -1.15. The van der Waals surface area contributed by atoms with Gasteiger partial charge in [-0.3, -0.25) is 4.79 Å². The molecule has 1 aliphatic heterocycles. The number of nitrogens with one attached hydrogen (secondary N) is 2. The standard InChI is InChI=1S/C15H21F2N3O/c1-18-9-10-7-12(16)14(13(17)8-10)20-5-3-11(4-6-20)15(21)19-2/h7-8,11,18H,3-6,9H2,1-2H3,(H,19,21). The maximum absolute atomic E-state index is 14.2. The van der Waals surface area contributed by atoms with Crippen molar-refractivity contribution < 1.29 is 13.6 Å². The zero-order valence-electron chi connectivity index (χ0n) is 12.4. The highest BCUT2D eigenvalue weighted by Crippen LogP contribution is 2.29. The minimum Gasteiger partial charge on any atom is -0.367 e. The Hall–Kier alpha value is -1.69. The van der Waals surface area contributed by atoms with E-state index >= 15 is 0 Å². The van der Waals surface area contributed by atoms with E-state index in [4.69, 9.17) is 0 Å². The highest BCUT2D eigenvalue weighted by molar-refractivity contribution is 5.78. The number of rotatable bonds is 4. The summed E-state index contributed by atoms with van der Waals surface area (Å²) in [7, 11) is 3.34. The molecule has 0 spiro atoms. The number of hydrogen-bond donors (Lipinski definition) is 2. The summed E-state index contributed by atoms with van der Waals surface area (Å²) >= 11 is 0. The molecule has 1 heterocycles. The number of benzene rings is 1. The number of piperidine rings is 1. The summed E-state index contributed by atoms with van der Waals surface area (Å²) < 4.78 is 28.3. The maximum atomic E-state index is 14.2. The van der Waals surface area contributed by atoms with Crippen LogP contribution in [0.15, 0.2) is 12.1 Å². The molecule has 1 aromatic rings. The highest BCUT2D eigenvalue weighted by atomic mass is 19.1. The van der Waals surface area contributed by atoms with Crippen LogP contribution in [-0.2, 0) is 11.3 Å². The minimum absolute atomic E-state index is 0.0000352. The molecule has 1 saturated heterocycles. The zero-order valence-corrected chi connectivity index (χ0v) is 12.4. The predicted molar refractivity (Wildman–Crippen MR) is 78.1 cm³/mol. The number of halogens is 2. The van der Waals surface area contributed by atoms with Crippen LogP contribution in [0.4, 0.5) is 14.5 Å². The second-order valence-electron chi connectivity index (χ2n) is 5.31. The Morgan fingerprint density at radius 1 is 1.24 bits per heavy atom. The smallest absolute Gasteiger partial charge is 0.222 e. The highest BCUT2D eigenvalue weighted by Gasteiger charge is 2.27. The molecule has 2 N–H and O–H groups in total. The van der Waals surface area contributed by atoms with Crippen molar-refractivity contribution in [2.75, 3.05) is 32.1 Å². The van der Waals surface area contributed by atoms with Crippen molar-refractivity contribution in [3.05, 3.63) is 29.3 Å². The Labute approximate surface area is 123 Å². The molecule has 0 atom stereocenters. The fourth-order valence-electron chi connectivity index (χ4n) is 2.80. The van der Waals surface area contributed by atoms with Gasteiger partial charge in [0.2, 0.25) is 5.91 Å². The van der Waals surface area contributed by atoms with Crippen molar-refractivity contribution in [3.8, 4) is 0 Å². The van der Waals surface area contributed by atoms with Gasteiger partial charge in [-0.05, 0) is 37.6 Å². The van der Waals surface area contributed by atoms with Gasteiger partial charge in [0.1, 0.15) is 17.3 Å². The fraction of sp³-hybridized carbons (Fsp3) is 0.533. The Morgan fingerprint density at radius 3 is 2.29 bits per heavy atom. The second-order valence-corrected chi connectivity index (χ2v) is 5.31. The first-order valence-electron chi connectivity index (χ1n) is 7.16. The van der Waals surface area contributed by atoms with Crippen molar-refractivity contribution in [1.82, 2.24) is 10.6 Å². The van der Waals surface area contributed by atoms with Crippen LogP contribution in [0, 0.1) is 17.6 Å². The lowest BCUT2D eigenvalue weighted by atomic mass is 9.95. The van der Waals surface area contributed by atoms with Crippen molar-refractivity contribution in [1.29, 1.82) is 0 Å². The predicted octanol–water partition coefficient (Wildman–Crippen LogP) is 1.65. The summed E-state index contributed by atoms with van der Waals surface area (Å²) in [4.78, 5) is 13.3. The number of carbonyl (C=O) groups is 1. The molecule has 116 valence electrons. The van der Waals surface area contributed by atoms with Crippen LogP contribution in [0.3, 0.4) is 0 Å².